The minimum Gasteiger partial charge on any atom is -0.472 e. The van der Waals surface area contributed by atoms with Crippen LogP contribution in [0.2, 0.25) is 0 Å². The molecule has 0 radical (unpaired) electrons. The number of rotatable bonds is 4. The number of amides is 1. The van der Waals surface area contributed by atoms with Crippen LogP contribution in [0.4, 0.5) is 0 Å². The highest BCUT2D eigenvalue weighted by Crippen LogP contribution is 2.30. The molecule has 3 heterocycles. The van der Waals surface area contributed by atoms with Crippen LogP contribution in [-0.2, 0) is 0 Å². The first-order chi connectivity index (χ1) is 16.2. The molecule has 3 aromatic carbocycles. The second kappa shape index (κ2) is 8.06. The van der Waals surface area contributed by atoms with E-state index in [-0.39, 0.29) is 12.0 Å². The van der Waals surface area contributed by atoms with E-state index in [2.05, 4.69) is 10.1 Å². The van der Waals surface area contributed by atoms with Gasteiger partial charge in [0.2, 0.25) is 5.88 Å². The summed E-state index contributed by atoms with van der Waals surface area (Å²) in [6, 6.07) is 27.2. The number of aromatic nitrogens is 2. The van der Waals surface area contributed by atoms with E-state index < -0.39 is 0 Å². The molecule has 6 heteroatoms. The van der Waals surface area contributed by atoms with Gasteiger partial charge in [0.1, 0.15) is 11.6 Å². The van der Waals surface area contributed by atoms with E-state index in [0.717, 1.165) is 33.8 Å². The van der Waals surface area contributed by atoms with Crippen LogP contribution in [0, 0.1) is 0 Å². The number of hydrogen-bond acceptors (Lipinski definition) is 5. The molecule has 2 aromatic heterocycles. The van der Waals surface area contributed by atoms with Crippen molar-refractivity contribution in [1.29, 1.82) is 0 Å². The number of fused-ring (bicyclic) bond motifs is 2. The highest BCUT2D eigenvalue weighted by atomic mass is 16.5. The molecule has 6 rings (SSSR count). The first-order valence-corrected chi connectivity index (χ1v) is 11.0. The highest BCUT2D eigenvalue weighted by molar-refractivity contribution is 6.01. The molecule has 6 nitrogen and oxygen atoms in total. The Bertz CT molecular complexity index is 1460. The number of carbonyl (C=O) groups excluding carboxylic acids is 1. The van der Waals surface area contributed by atoms with Gasteiger partial charge in [-0.25, -0.2) is 4.98 Å². The maximum absolute atomic E-state index is 13.2. The fourth-order valence-electron chi connectivity index (χ4n) is 4.35. The van der Waals surface area contributed by atoms with Crippen LogP contribution in [0.1, 0.15) is 16.8 Å². The SMILES string of the molecule is O=C(c1ccc2noc(-c3ccccc3)c2c1)N1CCC(Oc2ccc3ccccc3n2)C1. The number of hydrogen-bond donors (Lipinski definition) is 0. The van der Waals surface area contributed by atoms with Crippen molar-refractivity contribution in [2.45, 2.75) is 12.5 Å². The third kappa shape index (κ3) is 3.69. The van der Waals surface area contributed by atoms with Crippen molar-refractivity contribution in [2.24, 2.45) is 0 Å². The molecule has 0 bridgehead atoms. The van der Waals surface area contributed by atoms with Gasteiger partial charge in [0, 0.05) is 35.5 Å². The molecule has 5 aromatic rings. The number of carbonyl (C=O) groups is 1. The van der Waals surface area contributed by atoms with Gasteiger partial charge in [-0.15, -0.1) is 0 Å². The van der Waals surface area contributed by atoms with Gasteiger partial charge in [-0.3, -0.25) is 4.79 Å². The van der Waals surface area contributed by atoms with Crippen LogP contribution in [0.5, 0.6) is 5.88 Å². The monoisotopic (exact) mass is 435 g/mol. The van der Waals surface area contributed by atoms with Crippen molar-refractivity contribution < 1.29 is 14.1 Å². The van der Waals surface area contributed by atoms with E-state index in [1.165, 1.54) is 0 Å². The topological polar surface area (TPSA) is 68.5 Å². The van der Waals surface area contributed by atoms with Gasteiger partial charge in [-0.1, -0.05) is 53.7 Å². The van der Waals surface area contributed by atoms with E-state index in [1.54, 1.807) is 6.07 Å². The summed E-state index contributed by atoms with van der Waals surface area (Å²) in [6.45, 7) is 1.17. The summed E-state index contributed by atoms with van der Waals surface area (Å²) in [7, 11) is 0. The summed E-state index contributed by atoms with van der Waals surface area (Å²) >= 11 is 0. The Morgan fingerprint density at radius 1 is 0.939 bits per heavy atom. The first kappa shape index (κ1) is 19.5. The lowest BCUT2D eigenvalue weighted by Crippen LogP contribution is -2.31. The number of pyridine rings is 1. The van der Waals surface area contributed by atoms with Crippen LogP contribution in [0.3, 0.4) is 0 Å². The average molecular weight is 435 g/mol. The molecule has 1 fully saturated rings. The molecule has 0 saturated carbocycles. The smallest absolute Gasteiger partial charge is 0.254 e. The van der Waals surface area contributed by atoms with Gasteiger partial charge in [0.05, 0.1) is 17.4 Å². The van der Waals surface area contributed by atoms with Gasteiger partial charge < -0.3 is 14.2 Å². The number of likely N-dealkylation sites (tertiary alicyclic amines) is 1. The molecule has 1 amide bonds. The van der Waals surface area contributed by atoms with E-state index >= 15 is 0 Å². The normalized spacial score (nSPS) is 15.9. The van der Waals surface area contributed by atoms with Crippen LogP contribution >= 0.6 is 0 Å². The summed E-state index contributed by atoms with van der Waals surface area (Å²) < 4.78 is 11.7. The minimum atomic E-state index is -0.0817. The van der Waals surface area contributed by atoms with Gasteiger partial charge in [-0.2, -0.15) is 0 Å². The molecule has 0 spiro atoms. The Hall–Kier alpha value is -4.19. The molecule has 1 aliphatic rings. The second-order valence-corrected chi connectivity index (χ2v) is 8.23. The Balaban J connectivity index is 1.20. The number of ether oxygens (including phenoxy) is 1. The summed E-state index contributed by atoms with van der Waals surface area (Å²) in [5.74, 6) is 1.24. The van der Waals surface area contributed by atoms with Crippen molar-refractivity contribution in [3.05, 3.63) is 90.5 Å². The Morgan fingerprint density at radius 3 is 2.70 bits per heavy atom. The van der Waals surface area contributed by atoms with E-state index in [9.17, 15) is 4.79 Å². The maximum atomic E-state index is 13.2. The van der Waals surface area contributed by atoms with Crippen LogP contribution in [0.25, 0.3) is 33.1 Å². The zero-order chi connectivity index (χ0) is 22.2. The molecule has 1 aliphatic heterocycles. The lowest BCUT2D eigenvalue weighted by molar-refractivity contribution is 0.0771. The summed E-state index contributed by atoms with van der Waals surface area (Å²) in [6.07, 6.45) is 0.687. The third-order valence-corrected chi connectivity index (χ3v) is 6.05. The Kier molecular flexibility index (Phi) is 4.76. The fourth-order valence-corrected chi connectivity index (χ4v) is 4.35. The highest BCUT2D eigenvalue weighted by Gasteiger charge is 2.29. The lowest BCUT2D eigenvalue weighted by atomic mass is 10.1. The van der Waals surface area contributed by atoms with Crippen LogP contribution < -0.4 is 4.74 Å². The summed E-state index contributed by atoms with van der Waals surface area (Å²) in [4.78, 5) is 19.7. The Labute approximate surface area is 190 Å². The molecule has 1 atom stereocenters. The molecule has 162 valence electrons. The first-order valence-electron chi connectivity index (χ1n) is 11.0. The zero-order valence-corrected chi connectivity index (χ0v) is 17.8. The van der Waals surface area contributed by atoms with E-state index in [1.807, 2.05) is 83.8 Å². The second-order valence-electron chi connectivity index (χ2n) is 8.23. The average Bonchev–Trinajstić information content (AvgIpc) is 3.51. The number of para-hydroxylation sites is 1. The summed E-state index contributed by atoms with van der Waals surface area (Å²) in [5.41, 5.74) is 3.18. The van der Waals surface area contributed by atoms with Crippen LogP contribution in [-0.4, -0.2) is 40.1 Å². The lowest BCUT2D eigenvalue weighted by Gasteiger charge is -2.17. The molecule has 1 saturated heterocycles. The summed E-state index contributed by atoms with van der Waals surface area (Å²) in [5, 5.41) is 6.06. The minimum absolute atomic E-state index is 0.0188. The number of benzene rings is 3. The largest absolute Gasteiger partial charge is 0.472 e. The van der Waals surface area contributed by atoms with E-state index in [4.69, 9.17) is 9.26 Å². The Morgan fingerprint density at radius 2 is 1.79 bits per heavy atom. The standard InChI is InChI=1S/C27H21N3O3/c31-27(20-10-12-24-22(16-20)26(33-29-24)19-7-2-1-3-8-19)30-15-14-21(17-30)32-25-13-11-18-6-4-5-9-23(18)28-25/h1-13,16,21H,14-15,17H2. The van der Waals surface area contributed by atoms with Gasteiger partial charge in [-0.05, 0) is 30.3 Å². The third-order valence-electron chi connectivity index (χ3n) is 6.05. The van der Waals surface area contributed by atoms with Crippen molar-refractivity contribution in [3.8, 4) is 17.2 Å². The molecular weight excluding hydrogens is 414 g/mol. The van der Waals surface area contributed by atoms with Crippen molar-refractivity contribution in [3.63, 3.8) is 0 Å². The van der Waals surface area contributed by atoms with Crippen molar-refractivity contribution >= 4 is 27.7 Å². The molecule has 0 aliphatic carbocycles. The van der Waals surface area contributed by atoms with E-state index in [0.29, 0.717) is 30.3 Å². The van der Waals surface area contributed by atoms with Crippen molar-refractivity contribution in [1.82, 2.24) is 15.0 Å². The van der Waals surface area contributed by atoms with Crippen molar-refractivity contribution in [2.75, 3.05) is 13.1 Å². The zero-order valence-electron chi connectivity index (χ0n) is 17.8. The predicted octanol–water partition coefficient (Wildman–Crippen LogP) is 5.34. The number of nitrogens with zero attached hydrogens (tertiary/aromatic N) is 3. The molecule has 1 unspecified atom stereocenters. The molecule has 0 N–H and O–H groups in total. The quantitative estimate of drug-likeness (QED) is 0.381. The van der Waals surface area contributed by atoms with Gasteiger partial charge >= 0.3 is 0 Å². The van der Waals surface area contributed by atoms with Gasteiger partial charge in [0.25, 0.3) is 5.91 Å². The predicted molar refractivity (Wildman–Crippen MR) is 126 cm³/mol. The molecular formula is C27H21N3O3. The van der Waals surface area contributed by atoms with Crippen LogP contribution in [0.15, 0.2) is 89.5 Å². The fraction of sp³-hybridized carbons (Fsp3) is 0.148. The maximum Gasteiger partial charge on any atom is 0.254 e. The molecule has 33 heavy (non-hydrogen) atoms. The van der Waals surface area contributed by atoms with Gasteiger partial charge in [0.15, 0.2) is 5.76 Å².